The molecule has 3 amide bonds. The summed E-state index contributed by atoms with van der Waals surface area (Å²) in [5.74, 6) is -1.17. The van der Waals surface area contributed by atoms with Crippen molar-refractivity contribution in [3.05, 3.63) is 140 Å². The summed E-state index contributed by atoms with van der Waals surface area (Å²) in [7, 11) is 0. The first-order chi connectivity index (χ1) is 24.2. The number of carbonyl (C=O) groups is 4. The van der Waals surface area contributed by atoms with Crippen molar-refractivity contribution in [2.24, 2.45) is 0 Å². The molecule has 2 aromatic heterocycles. The van der Waals surface area contributed by atoms with E-state index in [1.807, 2.05) is 32.0 Å². The van der Waals surface area contributed by atoms with Crippen LogP contribution in [0.5, 0.6) is 0 Å². The van der Waals surface area contributed by atoms with E-state index in [0.29, 0.717) is 44.6 Å². The van der Waals surface area contributed by atoms with E-state index in [1.165, 1.54) is 26.2 Å². The number of aromatic amines is 2. The molecule has 6 aromatic rings. The van der Waals surface area contributed by atoms with Gasteiger partial charge in [0.1, 0.15) is 11.1 Å². The SMILES string of the molecule is C.C.C.CC(=O)Cl.CC(=O)Nc1cc(NC(=O)c2c[nH]c3ccccc3c2=O)ccc1C.Cc1ccc(NC(=O)c2c[nH]c3ccccc3c2=O)cc1N. The first-order valence-corrected chi connectivity index (χ1v) is 15.9. The van der Waals surface area contributed by atoms with E-state index in [4.69, 9.17) is 5.73 Å². The number of carbonyl (C=O) groups excluding carboxylic acids is 4. The number of fused-ring (bicyclic) bond motifs is 2. The van der Waals surface area contributed by atoms with E-state index in [2.05, 4.69) is 37.5 Å². The highest BCUT2D eigenvalue weighted by atomic mass is 35.5. The Morgan fingerprint density at radius 1 is 0.611 bits per heavy atom. The highest BCUT2D eigenvalue weighted by molar-refractivity contribution is 6.62. The van der Waals surface area contributed by atoms with E-state index in [-0.39, 0.29) is 55.4 Å². The van der Waals surface area contributed by atoms with Crippen LogP contribution < -0.4 is 32.5 Å². The van der Waals surface area contributed by atoms with Crippen LogP contribution in [0.1, 0.15) is 68.0 Å². The molecule has 4 aromatic carbocycles. The van der Waals surface area contributed by atoms with Crippen molar-refractivity contribution in [1.29, 1.82) is 0 Å². The molecule has 0 radical (unpaired) electrons. The molecule has 0 fully saturated rings. The molecule has 13 heteroatoms. The molecule has 0 bridgehead atoms. The minimum atomic E-state index is -0.510. The molecule has 0 spiro atoms. The standard InChI is InChI=1S/C19H17N3O3.C17H15N3O2.C2H3ClO.3CH4/c1-11-7-8-13(9-17(11)21-12(2)23)22-19(25)15-10-20-16-6-4-3-5-14(16)18(15)24;1-10-6-7-11(8-14(10)18)20-17(22)13-9-19-15-5-3-2-4-12(15)16(13)21;1-2(3)4;;;/h3-10H,1-2H3,(H,20,24)(H,21,23)(H,22,25);2-9H,18H2,1H3,(H,19,21)(H,20,22);1H3;3*1H4. The van der Waals surface area contributed by atoms with Gasteiger partial charge in [0.2, 0.25) is 22.0 Å². The maximum Gasteiger partial charge on any atom is 0.261 e. The molecule has 54 heavy (non-hydrogen) atoms. The van der Waals surface area contributed by atoms with Crippen molar-refractivity contribution in [2.45, 2.75) is 50.0 Å². The van der Waals surface area contributed by atoms with Crippen LogP contribution in [0.3, 0.4) is 0 Å². The molecule has 6 rings (SSSR count). The second-order valence-corrected chi connectivity index (χ2v) is 11.8. The smallest absolute Gasteiger partial charge is 0.261 e. The number of nitrogens with two attached hydrogens (primary N) is 1. The highest BCUT2D eigenvalue weighted by Gasteiger charge is 2.15. The summed E-state index contributed by atoms with van der Waals surface area (Å²) in [6.45, 7) is 6.45. The molecular formula is C41H47ClN6O6. The van der Waals surface area contributed by atoms with Crippen molar-refractivity contribution < 1.29 is 19.2 Å². The Kier molecular flexibility index (Phi) is 17.3. The van der Waals surface area contributed by atoms with E-state index >= 15 is 0 Å². The number of aromatic nitrogens is 2. The van der Waals surface area contributed by atoms with E-state index < -0.39 is 11.8 Å². The number of amides is 3. The number of aryl methyl sites for hydroxylation is 2. The molecule has 0 unspecified atom stereocenters. The number of H-pyrrole nitrogens is 2. The Morgan fingerprint density at radius 2 is 1.02 bits per heavy atom. The molecule has 0 atom stereocenters. The first kappa shape index (κ1) is 45.5. The van der Waals surface area contributed by atoms with Crippen molar-refractivity contribution in [1.82, 2.24) is 9.97 Å². The van der Waals surface area contributed by atoms with Crippen LogP contribution in [0, 0.1) is 13.8 Å². The molecule has 7 N–H and O–H groups in total. The molecule has 2 heterocycles. The zero-order chi connectivity index (χ0) is 37.2. The summed E-state index contributed by atoms with van der Waals surface area (Å²) in [6, 6.07) is 24.5. The Bertz CT molecular complexity index is 2400. The largest absolute Gasteiger partial charge is 0.398 e. The molecular weight excluding hydrogens is 708 g/mol. The zero-order valence-corrected chi connectivity index (χ0v) is 28.9. The number of pyridine rings is 2. The fourth-order valence-corrected chi connectivity index (χ4v) is 4.81. The van der Waals surface area contributed by atoms with Gasteiger partial charge < -0.3 is 31.7 Å². The summed E-state index contributed by atoms with van der Waals surface area (Å²) < 4.78 is 0. The van der Waals surface area contributed by atoms with Crippen LogP contribution in [0.2, 0.25) is 0 Å². The molecule has 0 saturated heterocycles. The topological polar surface area (TPSA) is 196 Å². The van der Waals surface area contributed by atoms with Gasteiger partial charge in [-0.15, -0.1) is 0 Å². The van der Waals surface area contributed by atoms with Gasteiger partial charge in [0.15, 0.2) is 0 Å². The lowest BCUT2D eigenvalue weighted by Crippen LogP contribution is -2.22. The molecule has 284 valence electrons. The second kappa shape index (κ2) is 20.5. The van der Waals surface area contributed by atoms with Gasteiger partial charge in [-0.2, -0.15) is 0 Å². The Labute approximate surface area is 319 Å². The Morgan fingerprint density at radius 3 is 1.44 bits per heavy atom. The third kappa shape index (κ3) is 11.8. The van der Waals surface area contributed by atoms with E-state index in [1.54, 1.807) is 66.7 Å². The fraction of sp³-hybridized carbons (Fsp3) is 0.171. The maximum absolute atomic E-state index is 12.5. The molecule has 12 nitrogen and oxygen atoms in total. The van der Waals surface area contributed by atoms with Crippen LogP contribution in [0.15, 0.2) is 107 Å². The second-order valence-electron chi connectivity index (χ2n) is 11.3. The third-order valence-corrected chi connectivity index (χ3v) is 7.41. The van der Waals surface area contributed by atoms with Crippen LogP contribution in [0.25, 0.3) is 21.8 Å². The number of hydrogen-bond acceptors (Lipinski definition) is 7. The van der Waals surface area contributed by atoms with Gasteiger partial charge in [-0.1, -0.05) is 58.7 Å². The monoisotopic (exact) mass is 754 g/mol. The van der Waals surface area contributed by atoms with E-state index in [0.717, 1.165) is 11.1 Å². The summed E-state index contributed by atoms with van der Waals surface area (Å²) in [5, 5.41) is 8.67. The summed E-state index contributed by atoms with van der Waals surface area (Å²) in [4.78, 5) is 76.0. The Balaban J connectivity index is 0.000000470. The summed E-state index contributed by atoms with van der Waals surface area (Å²) >= 11 is 4.64. The van der Waals surface area contributed by atoms with Gasteiger partial charge in [0.05, 0.1) is 0 Å². The number of rotatable bonds is 5. The van der Waals surface area contributed by atoms with Gasteiger partial charge in [-0.25, -0.2) is 0 Å². The molecule has 0 aliphatic rings. The van der Waals surface area contributed by atoms with Crippen LogP contribution in [-0.4, -0.2) is 32.9 Å². The lowest BCUT2D eigenvalue weighted by molar-refractivity contribution is -0.114. The van der Waals surface area contributed by atoms with Crippen molar-refractivity contribution in [3.63, 3.8) is 0 Å². The van der Waals surface area contributed by atoms with Gasteiger partial charge >= 0.3 is 0 Å². The number of nitrogens with one attached hydrogen (secondary N) is 5. The normalized spacial score (nSPS) is 9.65. The van der Waals surface area contributed by atoms with Crippen LogP contribution in [0.4, 0.5) is 22.7 Å². The number of anilines is 4. The number of nitrogen functional groups attached to an aromatic ring is 1. The first-order valence-electron chi connectivity index (χ1n) is 15.5. The molecule has 0 aliphatic heterocycles. The van der Waals surface area contributed by atoms with Gasteiger partial charge in [-0.3, -0.25) is 28.8 Å². The predicted octanol–water partition coefficient (Wildman–Crippen LogP) is 8.40. The van der Waals surface area contributed by atoms with E-state index in [9.17, 15) is 28.8 Å². The highest BCUT2D eigenvalue weighted by Crippen LogP contribution is 2.21. The van der Waals surface area contributed by atoms with Gasteiger partial charge in [-0.05, 0) is 85.1 Å². The van der Waals surface area contributed by atoms with Gasteiger partial charge in [0.25, 0.3) is 11.8 Å². The summed E-state index contributed by atoms with van der Waals surface area (Å²) in [5.41, 5.74) is 10.7. The lowest BCUT2D eigenvalue weighted by atomic mass is 10.1. The summed E-state index contributed by atoms with van der Waals surface area (Å²) in [6.07, 6.45) is 2.83. The van der Waals surface area contributed by atoms with Crippen molar-refractivity contribution >= 4 is 79.1 Å². The minimum Gasteiger partial charge on any atom is -0.398 e. The fourth-order valence-electron chi connectivity index (χ4n) is 4.81. The van der Waals surface area contributed by atoms with Crippen molar-refractivity contribution in [3.8, 4) is 0 Å². The average Bonchev–Trinajstić information content (AvgIpc) is 3.08. The molecule has 0 saturated carbocycles. The zero-order valence-electron chi connectivity index (χ0n) is 28.1. The van der Waals surface area contributed by atoms with Gasteiger partial charge in [0, 0.05) is 70.8 Å². The quantitative estimate of drug-likeness (QED) is 0.0750. The van der Waals surface area contributed by atoms with Crippen LogP contribution >= 0.6 is 11.6 Å². The number of benzene rings is 4. The number of para-hydroxylation sites is 2. The Hall–Kier alpha value is -6.53. The van der Waals surface area contributed by atoms with Crippen molar-refractivity contribution in [2.75, 3.05) is 21.7 Å². The number of hydrogen-bond donors (Lipinski definition) is 6. The number of halogens is 1. The van der Waals surface area contributed by atoms with Crippen LogP contribution in [-0.2, 0) is 9.59 Å². The lowest BCUT2D eigenvalue weighted by Gasteiger charge is -2.10. The molecule has 0 aliphatic carbocycles. The minimum absolute atomic E-state index is 0. The average molecular weight is 755 g/mol. The maximum atomic E-state index is 12.5. The third-order valence-electron chi connectivity index (χ3n) is 7.41. The predicted molar refractivity (Wildman–Crippen MR) is 223 cm³/mol.